The van der Waals surface area contributed by atoms with E-state index in [1.54, 1.807) is 25.1 Å². The number of hydrogen-bond acceptors (Lipinski definition) is 3. The monoisotopic (exact) mass is 248 g/mol. The molecule has 0 spiro atoms. The van der Waals surface area contributed by atoms with Crippen LogP contribution in [0.25, 0.3) is 10.4 Å². The minimum absolute atomic E-state index is 0.117. The van der Waals surface area contributed by atoms with Crippen molar-refractivity contribution in [2.75, 3.05) is 13.1 Å². The molecule has 0 heterocycles. The van der Waals surface area contributed by atoms with Gasteiger partial charge in [0.1, 0.15) is 5.75 Å². The highest BCUT2D eigenvalue weighted by Gasteiger charge is 2.10. The van der Waals surface area contributed by atoms with Crippen LogP contribution in [0.15, 0.2) is 23.3 Å². The molecule has 0 saturated heterocycles. The standard InChI is InChI=1S/C12H16N4O2/c1-9-10(5-4-6-11(9)17)12(18)14-7-2-3-8-15-16-13/h4-6,17H,2-3,7-8H2,1H3,(H,14,18). The first-order valence-corrected chi connectivity index (χ1v) is 5.74. The molecule has 0 radical (unpaired) electrons. The molecular weight excluding hydrogens is 232 g/mol. The van der Waals surface area contributed by atoms with Gasteiger partial charge in [-0.1, -0.05) is 11.2 Å². The Morgan fingerprint density at radius 1 is 1.50 bits per heavy atom. The number of unbranched alkanes of at least 4 members (excludes halogenated alkanes) is 1. The molecule has 0 unspecified atom stereocenters. The molecular formula is C12H16N4O2. The fraction of sp³-hybridized carbons (Fsp3) is 0.417. The molecule has 0 aromatic heterocycles. The molecule has 18 heavy (non-hydrogen) atoms. The quantitative estimate of drug-likeness (QED) is 0.350. The van der Waals surface area contributed by atoms with Crippen molar-refractivity contribution in [1.29, 1.82) is 0 Å². The molecule has 6 nitrogen and oxygen atoms in total. The van der Waals surface area contributed by atoms with Gasteiger partial charge < -0.3 is 10.4 Å². The van der Waals surface area contributed by atoms with Crippen LogP contribution in [0.5, 0.6) is 5.75 Å². The van der Waals surface area contributed by atoms with E-state index in [9.17, 15) is 9.90 Å². The summed E-state index contributed by atoms with van der Waals surface area (Å²) in [5.41, 5.74) is 9.13. The van der Waals surface area contributed by atoms with Crippen molar-refractivity contribution in [1.82, 2.24) is 5.32 Å². The first-order valence-electron chi connectivity index (χ1n) is 5.74. The van der Waals surface area contributed by atoms with Crippen LogP contribution in [0.1, 0.15) is 28.8 Å². The van der Waals surface area contributed by atoms with Crippen LogP contribution in [0.3, 0.4) is 0 Å². The molecule has 2 N–H and O–H groups in total. The number of nitrogens with zero attached hydrogens (tertiary/aromatic N) is 3. The summed E-state index contributed by atoms with van der Waals surface area (Å²) in [6.07, 6.45) is 1.49. The number of hydrogen-bond donors (Lipinski definition) is 2. The molecule has 96 valence electrons. The van der Waals surface area contributed by atoms with Crippen molar-refractivity contribution in [2.24, 2.45) is 5.11 Å². The van der Waals surface area contributed by atoms with Gasteiger partial charge in [-0.15, -0.1) is 0 Å². The van der Waals surface area contributed by atoms with Crippen molar-refractivity contribution in [3.05, 3.63) is 39.8 Å². The smallest absolute Gasteiger partial charge is 0.251 e. The van der Waals surface area contributed by atoms with Gasteiger partial charge in [0.15, 0.2) is 0 Å². The largest absolute Gasteiger partial charge is 0.508 e. The second-order valence-corrected chi connectivity index (χ2v) is 3.87. The lowest BCUT2D eigenvalue weighted by Gasteiger charge is -2.08. The Morgan fingerprint density at radius 3 is 3.00 bits per heavy atom. The lowest BCUT2D eigenvalue weighted by Crippen LogP contribution is -2.25. The van der Waals surface area contributed by atoms with Crippen LogP contribution in [-0.2, 0) is 0 Å². The molecule has 0 fully saturated rings. The predicted molar refractivity (Wildman–Crippen MR) is 68.4 cm³/mol. The number of nitrogens with one attached hydrogen (secondary N) is 1. The van der Waals surface area contributed by atoms with E-state index < -0.39 is 0 Å². The highest BCUT2D eigenvalue weighted by Crippen LogP contribution is 2.19. The van der Waals surface area contributed by atoms with Crippen molar-refractivity contribution < 1.29 is 9.90 Å². The number of amides is 1. The molecule has 1 aromatic carbocycles. The summed E-state index contributed by atoms with van der Waals surface area (Å²) in [5.74, 6) is -0.0850. The van der Waals surface area contributed by atoms with E-state index in [0.717, 1.165) is 12.8 Å². The van der Waals surface area contributed by atoms with Crippen molar-refractivity contribution in [3.8, 4) is 5.75 Å². The van der Waals surface area contributed by atoms with Crippen molar-refractivity contribution >= 4 is 5.91 Å². The lowest BCUT2D eigenvalue weighted by atomic mass is 10.1. The maximum absolute atomic E-state index is 11.8. The van der Waals surface area contributed by atoms with Crippen LogP contribution in [0, 0.1) is 6.92 Å². The first kappa shape index (κ1) is 13.9. The first-order chi connectivity index (χ1) is 8.66. The molecule has 0 bridgehead atoms. The predicted octanol–water partition coefficient (Wildman–Crippen LogP) is 2.52. The van der Waals surface area contributed by atoms with Gasteiger partial charge in [-0.05, 0) is 37.4 Å². The summed E-state index contributed by atoms with van der Waals surface area (Å²) in [5, 5.41) is 15.7. The van der Waals surface area contributed by atoms with Gasteiger partial charge in [0.25, 0.3) is 5.91 Å². The van der Waals surface area contributed by atoms with Gasteiger partial charge in [-0.25, -0.2) is 0 Å². The molecule has 0 atom stereocenters. The fourth-order valence-corrected chi connectivity index (χ4v) is 1.52. The Hall–Kier alpha value is -2.20. The van der Waals surface area contributed by atoms with E-state index >= 15 is 0 Å². The number of carbonyl (C=O) groups is 1. The zero-order valence-corrected chi connectivity index (χ0v) is 10.3. The molecule has 1 amide bonds. The minimum atomic E-state index is -0.202. The Balaban J connectivity index is 2.41. The van der Waals surface area contributed by atoms with Gasteiger partial charge in [0, 0.05) is 29.1 Å². The van der Waals surface area contributed by atoms with E-state index in [2.05, 4.69) is 15.3 Å². The van der Waals surface area contributed by atoms with Gasteiger partial charge in [-0.3, -0.25) is 4.79 Å². The summed E-state index contributed by atoms with van der Waals surface area (Å²) in [6, 6.07) is 4.86. The zero-order chi connectivity index (χ0) is 13.4. The summed E-state index contributed by atoms with van der Waals surface area (Å²) in [7, 11) is 0. The number of aromatic hydroxyl groups is 1. The SMILES string of the molecule is Cc1c(O)cccc1C(=O)NCCCCN=[N+]=[N-]. The number of carbonyl (C=O) groups excluding carboxylic acids is 1. The highest BCUT2D eigenvalue weighted by atomic mass is 16.3. The summed E-state index contributed by atoms with van der Waals surface area (Å²) in [4.78, 5) is 14.4. The number of azide groups is 1. The summed E-state index contributed by atoms with van der Waals surface area (Å²) >= 11 is 0. The average Bonchev–Trinajstić information content (AvgIpc) is 2.36. The third-order valence-corrected chi connectivity index (χ3v) is 2.58. The summed E-state index contributed by atoms with van der Waals surface area (Å²) < 4.78 is 0. The van der Waals surface area contributed by atoms with E-state index in [-0.39, 0.29) is 11.7 Å². The lowest BCUT2D eigenvalue weighted by molar-refractivity contribution is 0.0952. The van der Waals surface area contributed by atoms with Crippen LogP contribution < -0.4 is 5.32 Å². The van der Waals surface area contributed by atoms with Crippen molar-refractivity contribution in [3.63, 3.8) is 0 Å². The fourth-order valence-electron chi connectivity index (χ4n) is 1.52. The third-order valence-electron chi connectivity index (χ3n) is 2.58. The van der Waals surface area contributed by atoms with Crippen molar-refractivity contribution in [2.45, 2.75) is 19.8 Å². The molecule has 0 aliphatic carbocycles. The maximum atomic E-state index is 11.8. The van der Waals surface area contributed by atoms with Crippen LogP contribution in [0.4, 0.5) is 0 Å². The van der Waals surface area contributed by atoms with Crippen LogP contribution >= 0.6 is 0 Å². The number of benzene rings is 1. The van der Waals surface area contributed by atoms with E-state index in [1.807, 2.05) is 0 Å². The van der Waals surface area contributed by atoms with E-state index in [1.165, 1.54) is 0 Å². The molecule has 1 aromatic rings. The molecule has 0 aliphatic heterocycles. The zero-order valence-electron chi connectivity index (χ0n) is 10.3. The normalized spacial score (nSPS) is 9.61. The Morgan fingerprint density at radius 2 is 2.28 bits per heavy atom. The average molecular weight is 248 g/mol. The molecule has 0 aliphatic rings. The Kier molecular flexibility index (Phi) is 5.54. The number of phenolic OH excluding ortho intramolecular Hbond substituents is 1. The second kappa shape index (κ2) is 7.19. The molecule has 6 heteroatoms. The summed E-state index contributed by atoms with van der Waals surface area (Å²) in [6.45, 7) is 2.66. The maximum Gasteiger partial charge on any atom is 0.251 e. The third kappa shape index (κ3) is 3.99. The van der Waals surface area contributed by atoms with Crippen LogP contribution in [0.2, 0.25) is 0 Å². The number of rotatable bonds is 6. The van der Waals surface area contributed by atoms with E-state index in [4.69, 9.17) is 5.53 Å². The van der Waals surface area contributed by atoms with Crippen LogP contribution in [-0.4, -0.2) is 24.1 Å². The van der Waals surface area contributed by atoms with Gasteiger partial charge in [0.2, 0.25) is 0 Å². The minimum Gasteiger partial charge on any atom is -0.508 e. The van der Waals surface area contributed by atoms with Gasteiger partial charge in [-0.2, -0.15) is 0 Å². The molecule has 0 saturated carbocycles. The Labute approximate surface area is 105 Å². The van der Waals surface area contributed by atoms with E-state index in [0.29, 0.717) is 24.2 Å². The highest BCUT2D eigenvalue weighted by molar-refractivity contribution is 5.96. The molecule has 1 rings (SSSR count). The topological polar surface area (TPSA) is 98.1 Å². The second-order valence-electron chi connectivity index (χ2n) is 3.87. The van der Waals surface area contributed by atoms with Gasteiger partial charge in [0.05, 0.1) is 0 Å². The number of phenols is 1. The Bertz CT molecular complexity index is 467. The van der Waals surface area contributed by atoms with Gasteiger partial charge >= 0.3 is 0 Å².